The lowest BCUT2D eigenvalue weighted by atomic mass is 10.1. The fraction of sp³-hybridized carbons (Fsp3) is 0.235. The minimum atomic E-state index is 0.0377. The van der Waals surface area contributed by atoms with E-state index < -0.39 is 0 Å². The molecule has 0 fully saturated rings. The summed E-state index contributed by atoms with van der Waals surface area (Å²) in [5.74, 6) is 0.0377. The van der Waals surface area contributed by atoms with Crippen LogP contribution in [0.5, 0.6) is 0 Å². The molecule has 2 N–H and O–H groups in total. The summed E-state index contributed by atoms with van der Waals surface area (Å²) >= 11 is 0. The molecule has 2 aromatic rings. The Kier molecular flexibility index (Phi) is 4.77. The molecule has 0 heterocycles. The molecule has 20 heavy (non-hydrogen) atoms. The van der Waals surface area contributed by atoms with E-state index in [4.69, 9.17) is 5.73 Å². The molecule has 0 radical (unpaired) electrons. The maximum atomic E-state index is 12.4. The highest BCUT2D eigenvalue weighted by atomic mass is 16.2. The van der Waals surface area contributed by atoms with E-state index in [1.54, 1.807) is 12.1 Å². The molecule has 3 heteroatoms. The predicted octanol–water partition coefficient (Wildman–Crippen LogP) is 2.97. The number of hydrogen-bond acceptors (Lipinski definition) is 2. The molecule has 3 nitrogen and oxygen atoms in total. The maximum Gasteiger partial charge on any atom is 0.253 e. The molecule has 0 aliphatic heterocycles. The number of rotatable bonds is 5. The Morgan fingerprint density at radius 1 is 1.10 bits per heavy atom. The molecule has 0 saturated carbocycles. The molecule has 0 atom stereocenters. The zero-order valence-corrected chi connectivity index (χ0v) is 11.8. The highest BCUT2D eigenvalue weighted by molar-refractivity contribution is 5.95. The quantitative estimate of drug-likeness (QED) is 0.847. The second-order valence-corrected chi connectivity index (χ2v) is 4.75. The lowest BCUT2D eigenvalue weighted by molar-refractivity contribution is 0.0766. The molecule has 2 aromatic carbocycles. The number of hydrogen-bond donors (Lipinski definition) is 1. The molecule has 0 aliphatic carbocycles. The second kappa shape index (κ2) is 6.75. The summed E-state index contributed by atoms with van der Waals surface area (Å²) in [6.45, 7) is 3.41. The number of likely N-dealkylation sites (N-methyl/N-ethyl adjacent to an activating group) is 1. The number of amides is 1. The summed E-state index contributed by atoms with van der Waals surface area (Å²) in [5, 5.41) is 0. The largest absolute Gasteiger partial charge is 0.399 e. The van der Waals surface area contributed by atoms with Crippen LogP contribution in [0.3, 0.4) is 0 Å². The fourth-order valence-corrected chi connectivity index (χ4v) is 2.17. The first-order chi connectivity index (χ1) is 9.70. The number of nitrogens with two attached hydrogens (primary N) is 1. The molecule has 0 aromatic heterocycles. The average molecular weight is 268 g/mol. The van der Waals surface area contributed by atoms with Crippen LogP contribution in [0, 0.1) is 0 Å². The molecule has 0 unspecified atom stereocenters. The van der Waals surface area contributed by atoms with Gasteiger partial charge >= 0.3 is 0 Å². The summed E-state index contributed by atoms with van der Waals surface area (Å²) in [7, 11) is 0. The van der Waals surface area contributed by atoms with Gasteiger partial charge in [-0.15, -0.1) is 0 Å². The zero-order valence-electron chi connectivity index (χ0n) is 11.8. The van der Waals surface area contributed by atoms with Gasteiger partial charge in [-0.3, -0.25) is 4.79 Å². The second-order valence-electron chi connectivity index (χ2n) is 4.75. The van der Waals surface area contributed by atoms with Gasteiger partial charge < -0.3 is 10.6 Å². The molecule has 0 saturated heterocycles. The van der Waals surface area contributed by atoms with Crippen molar-refractivity contribution >= 4 is 11.6 Å². The molecular formula is C17H20N2O. The average Bonchev–Trinajstić information content (AvgIpc) is 2.48. The van der Waals surface area contributed by atoms with Crippen molar-refractivity contribution in [2.45, 2.75) is 13.3 Å². The van der Waals surface area contributed by atoms with Gasteiger partial charge in [0.15, 0.2) is 0 Å². The van der Waals surface area contributed by atoms with Crippen molar-refractivity contribution in [2.75, 3.05) is 18.8 Å². The Morgan fingerprint density at radius 2 is 1.85 bits per heavy atom. The fourth-order valence-electron chi connectivity index (χ4n) is 2.17. The van der Waals surface area contributed by atoms with Crippen molar-refractivity contribution < 1.29 is 4.79 Å². The Labute approximate surface area is 120 Å². The van der Waals surface area contributed by atoms with Crippen LogP contribution in [0.15, 0.2) is 54.6 Å². The Hall–Kier alpha value is -2.29. The smallest absolute Gasteiger partial charge is 0.253 e. The number of benzene rings is 2. The number of anilines is 1. The van der Waals surface area contributed by atoms with Crippen LogP contribution >= 0.6 is 0 Å². The van der Waals surface area contributed by atoms with E-state index >= 15 is 0 Å². The predicted molar refractivity (Wildman–Crippen MR) is 82.6 cm³/mol. The van der Waals surface area contributed by atoms with Gasteiger partial charge in [0, 0.05) is 24.3 Å². The molecule has 0 aliphatic rings. The highest BCUT2D eigenvalue weighted by Gasteiger charge is 2.13. The standard InChI is InChI=1S/C17H20N2O/c1-2-19(12-11-14-7-4-3-5-8-14)17(20)15-9-6-10-16(18)13-15/h3-10,13H,2,11-12,18H2,1H3. The van der Waals surface area contributed by atoms with Crippen LogP contribution in [-0.4, -0.2) is 23.9 Å². The molecule has 104 valence electrons. The summed E-state index contributed by atoms with van der Waals surface area (Å²) in [4.78, 5) is 14.3. The van der Waals surface area contributed by atoms with Gasteiger partial charge in [0.2, 0.25) is 0 Å². The molecular weight excluding hydrogens is 248 g/mol. The molecule has 0 spiro atoms. The highest BCUT2D eigenvalue weighted by Crippen LogP contribution is 2.10. The normalized spacial score (nSPS) is 10.2. The molecule has 1 amide bonds. The Balaban J connectivity index is 2.03. The van der Waals surface area contributed by atoms with E-state index in [9.17, 15) is 4.79 Å². The van der Waals surface area contributed by atoms with E-state index in [1.165, 1.54) is 5.56 Å². The van der Waals surface area contributed by atoms with Crippen molar-refractivity contribution in [1.82, 2.24) is 4.90 Å². The minimum Gasteiger partial charge on any atom is -0.399 e. The minimum absolute atomic E-state index is 0.0377. The third-order valence-electron chi connectivity index (χ3n) is 3.32. The van der Waals surface area contributed by atoms with Crippen LogP contribution < -0.4 is 5.73 Å². The molecule has 0 bridgehead atoms. The first kappa shape index (κ1) is 14.1. The third kappa shape index (κ3) is 3.60. The SMILES string of the molecule is CCN(CCc1ccccc1)C(=O)c1cccc(N)c1. The third-order valence-corrected chi connectivity index (χ3v) is 3.32. The number of nitrogens with zero attached hydrogens (tertiary/aromatic N) is 1. The first-order valence-electron chi connectivity index (χ1n) is 6.89. The van der Waals surface area contributed by atoms with Gasteiger partial charge in [-0.05, 0) is 37.1 Å². The number of carbonyl (C=O) groups excluding carboxylic acids is 1. The van der Waals surface area contributed by atoms with Gasteiger partial charge in [0.1, 0.15) is 0 Å². The van der Waals surface area contributed by atoms with E-state index in [0.29, 0.717) is 24.3 Å². The van der Waals surface area contributed by atoms with E-state index in [-0.39, 0.29) is 5.91 Å². The Bertz CT molecular complexity index is 566. The summed E-state index contributed by atoms with van der Waals surface area (Å²) in [5.41, 5.74) is 8.25. The Morgan fingerprint density at radius 3 is 2.50 bits per heavy atom. The number of carbonyl (C=O) groups is 1. The van der Waals surface area contributed by atoms with Crippen LogP contribution in [0.4, 0.5) is 5.69 Å². The summed E-state index contributed by atoms with van der Waals surface area (Å²) in [6, 6.07) is 17.3. The van der Waals surface area contributed by atoms with Crippen molar-refractivity contribution in [3.8, 4) is 0 Å². The topological polar surface area (TPSA) is 46.3 Å². The van der Waals surface area contributed by atoms with Crippen molar-refractivity contribution in [1.29, 1.82) is 0 Å². The van der Waals surface area contributed by atoms with Crippen LogP contribution in [0.1, 0.15) is 22.8 Å². The van der Waals surface area contributed by atoms with Gasteiger partial charge in [-0.1, -0.05) is 36.4 Å². The lowest BCUT2D eigenvalue weighted by Gasteiger charge is -2.21. The van der Waals surface area contributed by atoms with E-state index in [2.05, 4.69) is 12.1 Å². The lowest BCUT2D eigenvalue weighted by Crippen LogP contribution is -2.32. The molecule has 2 rings (SSSR count). The van der Waals surface area contributed by atoms with Gasteiger partial charge in [-0.25, -0.2) is 0 Å². The summed E-state index contributed by atoms with van der Waals surface area (Å²) in [6.07, 6.45) is 0.864. The van der Waals surface area contributed by atoms with Crippen LogP contribution in [0.25, 0.3) is 0 Å². The maximum absolute atomic E-state index is 12.4. The van der Waals surface area contributed by atoms with Gasteiger partial charge in [-0.2, -0.15) is 0 Å². The monoisotopic (exact) mass is 268 g/mol. The van der Waals surface area contributed by atoms with Gasteiger partial charge in [0.25, 0.3) is 5.91 Å². The summed E-state index contributed by atoms with van der Waals surface area (Å²) < 4.78 is 0. The van der Waals surface area contributed by atoms with Crippen molar-refractivity contribution in [2.24, 2.45) is 0 Å². The van der Waals surface area contributed by atoms with Crippen LogP contribution in [0.2, 0.25) is 0 Å². The van der Waals surface area contributed by atoms with E-state index in [1.807, 2.05) is 42.2 Å². The van der Waals surface area contributed by atoms with Gasteiger partial charge in [0.05, 0.1) is 0 Å². The van der Waals surface area contributed by atoms with Crippen molar-refractivity contribution in [3.05, 3.63) is 65.7 Å². The van der Waals surface area contributed by atoms with Crippen molar-refractivity contribution in [3.63, 3.8) is 0 Å². The van der Waals surface area contributed by atoms with Crippen LogP contribution in [-0.2, 0) is 6.42 Å². The first-order valence-corrected chi connectivity index (χ1v) is 6.89. The van der Waals surface area contributed by atoms with E-state index in [0.717, 1.165) is 6.42 Å². The number of nitrogen functional groups attached to an aromatic ring is 1. The zero-order chi connectivity index (χ0) is 14.4.